The van der Waals surface area contributed by atoms with E-state index in [1.807, 2.05) is 6.07 Å². The molecule has 1 aromatic carbocycles. The Labute approximate surface area is 140 Å². The van der Waals surface area contributed by atoms with E-state index in [4.69, 9.17) is 15.2 Å². The maximum absolute atomic E-state index is 12.6. The SMILES string of the molecule is COc1cc(NC(=O)C2(CN)CCOCC2)c(Br)cc1Br. The molecule has 0 aromatic heterocycles. The number of nitrogens with one attached hydrogen (secondary N) is 1. The molecule has 116 valence electrons. The highest BCUT2D eigenvalue weighted by molar-refractivity contribution is 9.11. The monoisotopic (exact) mass is 420 g/mol. The normalized spacial score (nSPS) is 17.3. The zero-order valence-corrected chi connectivity index (χ0v) is 14.9. The zero-order valence-electron chi connectivity index (χ0n) is 11.7. The summed E-state index contributed by atoms with van der Waals surface area (Å²) in [4.78, 5) is 12.6. The first-order valence-electron chi connectivity index (χ1n) is 6.65. The highest BCUT2D eigenvalue weighted by Gasteiger charge is 2.39. The van der Waals surface area contributed by atoms with Gasteiger partial charge in [0.05, 0.1) is 22.7 Å². The molecule has 1 heterocycles. The Bertz CT molecular complexity index is 531. The minimum atomic E-state index is -0.558. The van der Waals surface area contributed by atoms with Gasteiger partial charge in [0, 0.05) is 30.3 Å². The van der Waals surface area contributed by atoms with Gasteiger partial charge in [-0.1, -0.05) is 0 Å². The van der Waals surface area contributed by atoms with E-state index in [0.29, 0.717) is 44.0 Å². The van der Waals surface area contributed by atoms with E-state index in [-0.39, 0.29) is 5.91 Å². The van der Waals surface area contributed by atoms with Crippen LogP contribution < -0.4 is 15.8 Å². The summed E-state index contributed by atoms with van der Waals surface area (Å²) in [6.07, 6.45) is 1.28. The van der Waals surface area contributed by atoms with Gasteiger partial charge in [0.2, 0.25) is 5.91 Å². The third kappa shape index (κ3) is 3.59. The van der Waals surface area contributed by atoms with Crippen LogP contribution in [0.2, 0.25) is 0 Å². The van der Waals surface area contributed by atoms with E-state index < -0.39 is 5.41 Å². The van der Waals surface area contributed by atoms with Crippen molar-refractivity contribution in [1.29, 1.82) is 0 Å². The number of amides is 1. The predicted octanol–water partition coefficient (Wildman–Crippen LogP) is 2.91. The molecule has 0 radical (unpaired) electrons. The molecule has 3 N–H and O–H groups in total. The van der Waals surface area contributed by atoms with E-state index in [2.05, 4.69) is 37.2 Å². The first kappa shape index (κ1) is 16.7. The zero-order chi connectivity index (χ0) is 15.5. The predicted molar refractivity (Wildman–Crippen MR) is 88.6 cm³/mol. The largest absolute Gasteiger partial charge is 0.495 e. The van der Waals surface area contributed by atoms with E-state index in [9.17, 15) is 4.79 Å². The maximum atomic E-state index is 12.6. The number of hydrogen-bond acceptors (Lipinski definition) is 4. The number of anilines is 1. The highest BCUT2D eigenvalue weighted by atomic mass is 79.9. The number of carbonyl (C=O) groups excluding carboxylic acids is 1. The number of hydrogen-bond donors (Lipinski definition) is 2. The Hall–Kier alpha value is -0.630. The standard InChI is InChI=1S/C14H18Br2N2O3/c1-20-12-7-11(9(15)6-10(12)16)18-13(19)14(8-17)2-4-21-5-3-14/h6-7H,2-5,8,17H2,1H3,(H,18,19). The van der Waals surface area contributed by atoms with Gasteiger partial charge >= 0.3 is 0 Å². The molecule has 0 bridgehead atoms. The van der Waals surface area contributed by atoms with E-state index in [1.54, 1.807) is 13.2 Å². The molecule has 7 heteroatoms. The molecule has 0 saturated carbocycles. The molecule has 1 aromatic rings. The van der Waals surface area contributed by atoms with Crippen LogP contribution in [0.5, 0.6) is 5.75 Å². The minimum absolute atomic E-state index is 0.0709. The van der Waals surface area contributed by atoms with Gasteiger partial charge in [-0.25, -0.2) is 0 Å². The second kappa shape index (κ2) is 7.09. The molecule has 1 amide bonds. The van der Waals surface area contributed by atoms with Gasteiger partial charge in [-0.05, 0) is 50.8 Å². The molecule has 2 rings (SSSR count). The third-order valence-electron chi connectivity index (χ3n) is 3.81. The Kier molecular flexibility index (Phi) is 5.65. The summed E-state index contributed by atoms with van der Waals surface area (Å²) >= 11 is 6.85. The summed E-state index contributed by atoms with van der Waals surface area (Å²) < 4.78 is 12.2. The number of ether oxygens (including phenoxy) is 2. The van der Waals surface area contributed by atoms with Gasteiger partial charge in [0.15, 0.2) is 0 Å². The summed E-state index contributed by atoms with van der Waals surface area (Å²) in [5.41, 5.74) is 5.96. The molecule has 1 fully saturated rings. The van der Waals surface area contributed by atoms with Gasteiger partial charge in [0.25, 0.3) is 0 Å². The Morgan fingerprint density at radius 3 is 2.62 bits per heavy atom. The Morgan fingerprint density at radius 2 is 2.05 bits per heavy atom. The van der Waals surface area contributed by atoms with Crippen molar-refractivity contribution < 1.29 is 14.3 Å². The van der Waals surface area contributed by atoms with Crippen LogP contribution in [0.4, 0.5) is 5.69 Å². The van der Waals surface area contributed by atoms with Crippen molar-refractivity contribution in [3.63, 3.8) is 0 Å². The lowest BCUT2D eigenvalue weighted by molar-refractivity contribution is -0.130. The highest BCUT2D eigenvalue weighted by Crippen LogP contribution is 2.36. The lowest BCUT2D eigenvalue weighted by atomic mass is 9.79. The van der Waals surface area contributed by atoms with Crippen molar-refractivity contribution in [3.8, 4) is 5.75 Å². The van der Waals surface area contributed by atoms with Crippen molar-refractivity contribution >= 4 is 43.5 Å². The maximum Gasteiger partial charge on any atom is 0.232 e. The third-order valence-corrected chi connectivity index (χ3v) is 5.09. The fourth-order valence-electron chi connectivity index (χ4n) is 2.32. The van der Waals surface area contributed by atoms with Crippen LogP contribution in [0, 0.1) is 5.41 Å². The van der Waals surface area contributed by atoms with E-state index >= 15 is 0 Å². The average molecular weight is 422 g/mol. The number of rotatable bonds is 4. The van der Waals surface area contributed by atoms with Gasteiger partial charge in [-0.3, -0.25) is 4.79 Å². The van der Waals surface area contributed by atoms with Crippen molar-refractivity contribution in [1.82, 2.24) is 0 Å². The fraction of sp³-hybridized carbons (Fsp3) is 0.500. The average Bonchev–Trinajstić information content (AvgIpc) is 2.50. The smallest absolute Gasteiger partial charge is 0.232 e. The van der Waals surface area contributed by atoms with Crippen molar-refractivity contribution in [2.24, 2.45) is 11.1 Å². The van der Waals surface area contributed by atoms with Gasteiger partial charge in [-0.2, -0.15) is 0 Å². The summed E-state index contributed by atoms with van der Waals surface area (Å²) in [6.45, 7) is 1.44. The first-order valence-corrected chi connectivity index (χ1v) is 8.23. The number of carbonyl (C=O) groups is 1. The summed E-state index contributed by atoms with van der Waals surface area (Å²) in [5, 5.41) is 2.95. The molecule has 1 aliphatic rings. The van der Waals surface area contributed by atoms with Gasteiger partial charge in [0.1, 0.15) is 5.75 Å². The summed E-state index contributed by atoms with van der Waals surface area (Å²) in [6, 6.07) is 3.61. The first-order chi connectivity index (χ1) is 10.0. The summed E-state index contributed by atoms with van der Waals surface area (Å²) in [5.74, 6) is 0.584. The summed E-state index contributed by atoms with van der Waals surface area (Å²) in [7, 11) is 1.58. The van der Waals surface area contributed by atoms with Crippen molar-refractivity contribution in [2.75, 3.05) is 32.2 Å². The fourth-order valence-corrected chi connectivity index (χ4v) is 3.58. The molecule has 0 spiro atoms. The molecular weight excluding hydrogens is 404 g/mol. The molecule has 0 unspecified atom stereocenters. The van der Waals surface area contributed by atoms with Crippen LogP contribution in [-0.2, 0) is 9.53 Å². The van der Waals surface area contributed by atoms with Crippen LogP contribution in [0.15, 0.2) is 21.1 Å². The Balaban J connectivity index is 2.22. The lowest BCUT2D eigenvalue weighted by Gasteiger charge is -2.34. The topological polar surface area (TPSA) is 73.6 Å². The number of methoxy groups -OCH3 is 1. The van der Waals surface area contributed by atoms with Crippen molar-refractivity contribution in [2.45, 2.75) is 12.8 Å². The van der Waals surface area contributed by atoms with E-state index in [0.717, 1.165) is 8.95 Å². The van der Waals surface area contributed by atoms with Crippen LogP contribution in [0.1, 0.15) is 12.8 Å². The molecule has 0 atom stereocenters. The number of nitrogens with two attached hydrogens (primary N) is 1. The quantitative estimate of drug-likeness (QED) is 0.783. The van der Waals surface area contributed by atoms with Crippen LogP contribution >= 0.6 is 31.9 Å². The van der Waals surface area contributed by atoms with Crippen molar-refractivity contribution in [3.05, 3.63) is 21.1 Å². The molecule has 0 aliphatic carbocycles. The van der Waals surface area contributed by atoms with E-state index in [1.165, 1.54) is 0 Å². The molecule has 21 heavy (non-hydrogen) atoms. The Morgan fingerprint density at radius 1 is 1.38 bits per heavy atom. The second-order valence-electron chi connectivity index (χ2n) is 5.02. The molecule has 5 nitrogen and oxygen atoms in total. The number of halogens is 2. The number of benzene rings is 1. The molecule has 1 saturated heterocycles. The van der Waals surface area contributed by atoms with Crippen LogP contribution in [-0.4, -0.2) is 32.8 Å². The molecule has 1 aliphatic heterocycles. The van der Waals surface area contributed by atoms with Gasteiger partial charge < -0.3 is 20.5 Å². The van der Waals surface area contributed by atoms with Gasteiger partial charge in [-0.15, -0.1) is 0 Å². The van der Waals surface area contributed by atoms with Crippen LogP contribution in [0.3, 0.4) is 0 Å². The minimum Gasteiger partial charge on any atom is -0.495 e. The molecular formula is C14H18Br2N2O3. The second-order valence-corrected chi connectivity index (χ2v) is 6.73. The van der Waals surface area contributed by atoms with Crippen LogP contribution in [0.25, 0.3) is 0 Å². The lowest BCUT2D eigenvalue weighted by Crippen LogP contribution is -2.46.